The van der Waals surface area contributed by atoms with Gasteiger partial charge in [-0.05, 0) is 45.0 Å². The number of ether oxygens (including phenoxy) is 1. The molecule has 0 fully saturated rings. The van der Waals surface area contributed by atoms with Crippen molar-refractivity contribution in [2.45, 2.75) is 38.9 Å². The minimum atomic E-state index is -4.67. The molecule has 0 spiro atoms. The van der Waals surface area contributed by atoms with Crippen molar-refractivity contribution in [1.29, 1.82) is 0 Å². The number of rotatable bonds is 4. The van der Waals surface area contributed by atoms with Gasteiger partial charge in [0.15, 0.2) is 0 Å². The second kappa shape index (κ2) is 29.9. The third-order valence-electron chi connectivity index (χ3n) is 2.43. The summed E-state index contributed by atoms with van der Waals surface area (Å²) in [7, 11) is -23.3. The fourth-order valence-corrected chi connectivity index (χ4v) is 1.48. The molecule has 0 saturated heterocycles. The molecule has 2 aromatic heterocycles. The molecule has 31 heteroatoms. The summed E-state index contributed by atoms with van der Waals surface area (Å²) < 4.78 is 175. The highest BCUT2D eigenvalue weighted by Gasteiger charge is 2.25. The zero-order chi connectivity index (χ0) is 40.8. The van der Waals surface area contributed by atoms with Crippen LogP contribution in [0.15, 0.2) is 61.2 Å². The van der Waals surface area contributed by atoms with Gasteiger partial charge in [0.05, 0.1) is 6.61 Å². The molecule has 0 saturated carbocycles. The monoisotopic (exact) mass is 825 g/mol. The number of carbonyl (C=O) groups is 1. The number of pyridine rings is 2. The minimum absolute atomic E-state index is 0.00810. The summed E-state index contributed by atoms with van der Waals surface area (Å²) in [5, 5.41) is 0. The SMILES string of the molecule is CCOC(=O)[C@@H](N)CC(C)(C)F.O=S(=O)(O)O.O=S(=O)(O)O.O=S(=O)(O)O.O=S(=O)(O)O.O=S(=O)(O)O.c1ccncc1.c1ccncc1. The first kappa shape index (κ1) is 58.2. The van der Waals surface area contributed by atoms with Crippen LogP contribution in [0.2, 0.25) is 0 Å². The molecule has 49 heavy (non-hydrogen) atoms. The molecule has 0 aliphatic carbocycles. The smallest absolute Gasteiger partial charge is 0.394 e. The van der Waals surface area contributed by atoms with Crippen LogP contribution in [-0.2, 0) is 61.5 Å². The molecule has 2 heterocycles. The minimum Gasteiger partial charge on any atom is -0.465 e. The van der Waals surface area contributed by atoms with E-state index in [1.807, 2.05) is 36.4 Å². The first-order valence-corrected chi connectivity index (χ1v) is 18.2. The van der Waals surface area contributed by atoms with Crippen LogP contribution in [0.1, 0.15) is 27.2 Å². The Hall–Kier alpha value is -2.99. The van der Waals surface area contributed by atoms with Gasteiger partial charge < -0.3 is 10.5 Å². The Morgan fingerprint density at radius 3 is 0.918 bits per heavy atom. The number of halogens is 1. The Morgan fingerprint density at radius 2 is 0.816 bits per heavy atom. The first-order chi connectivity index (χ1) is 21.4. The van der Waals surface area contributed by atoms with Gasteiger partial charge >= 0.3 is 58.0 Å². The van der Waals surface area contributed by atoms with Crippen molar-refractivity contribution >= 4 is 58.0 Å². The molecule has 0 amide bonds. The molecular formula is C18H36FN3O22S5. The lowest BCUT2D eigenvalue weighted by atomic mass is 10.0. The summed E-state index contributed by atoms with van der Waals surface area (Å²) in [4.78, 5) is 18.5. The summed E-state index contributed by atoms with van der Waals surface area (Å²) >= 11 is 0. The molecule has 1 atom stereocenters. The van der Waals surface area contributed by atoms with E-state index in [0.29, 0.717) is 0 Å². The van der Waals surface area contributed by atoms with Crippen LogP contribution in [0.25, 0.3) is 0 Å². The number of alkyl halides is 1. The van der Waals surface area contributed by atoms with E-state index in [1.165, 1.54) is 13.8 Å². The maximum absolute atomic E-state index is 13.0. The normalized spacial score (nSPS) is 11.3. The molecule has 0 aliphatic rings. The van der Waals surface area contributed by atoms with E-state index < -0.39 is 69.7 Å². The zero-order valence-electron chi connectivity index (χ0n) is 25.0. The molecule has 0 unspecified atom stereocenters. The summed E-state index contributed by atoms with van der Waals surface area (Å²) in [5.41, 5.74) is 3.95. The van der Waals surface area contributed by atoms with E-state index in [1.54, 1.807) is 31.7 Å². The number of hydrogen-bond donors (Lipinski definition) is 11. The van der Waals surface area contributed by atoms with E-state index in [0.717, 1.165) is 0 Å². The molecule has 0 aliphatic heterocycles. The topological polar surface area (TPSA) is 451 Å². The van der Waals surface area contributed by atoms with Gasteiger partial charge in [-0.25, -0.2) is 4.39 Å². The van der Waals surface area contributed by atoms with Crippen molar-refractivity contribution in [3.8, 4) is 0 Å². The largest absolute Gasteiger partial charge is 0.465 e. The van der Waals surface area contributed by atoms with E-state index in [-0.39, 0.29) is 13.0 Å². The fourth-order valence-electron chi connectivity index (χ4n) is 1.48. The third-order valence-corrected chi connectivity index (χ3v) is 2.43. The van der Waals surface area contributed by atoms with Crippen molar-refractivity contribution in [2.75, 3.05) is 6.61 Å². The van der Waals surface area contributed by atoms with Crippen LogP contribution in [0.3, 0.4) is 0 Å². The van der Waals surface area contributed by atoms with Crippen LogP contribution in [0, 0.1) is 0 Å². The standard InChI is InChI=1S/C8H16FNO2.2C5H5N.5H2O4S/c1-4-12-7(11)6(10)5-8(2,3)9;2*1-2-4-6-5-3-1;5*1-5(2,3)4/h6H,4-5,10H2,1-3H3;2*1-5H;5*(H2,1,2,3,4)/t6-;;;;;;;/m0......./s1. The molecule has 12 N–H and O–H groups in total. The molecule has 0 aromatic carbocycles. The van der Waals surface area contributed by atoms with Crippen LogP contribution in [0.4, 0.5) is 4.39 Å². The van der Waals surface area contributed by atoms with Gasteiger partial charge in [0, 0.05) is 31.2 Å². The maximum Gasteiger partial charge on any atom is 0.394 e. The van der Waals surface area contributed by atoms with Gasteiger partial charge in [-0.3, -0.25) is 60.3 Å². The molecule has 0 bridgehead atoms. The Balaban J connectivity index is -0.000000111. The van der Waals surface area contributed by atoms with Crippen molar-refractivity contribution < 1.29 is 102 Å². The fraction of sp³-hybridized carbons (Fsp3) is 0.389. The van der Waals surface area contributed by atoms with Crippen LogP contribution < -0.4 is 5.73 Å². The number of carbonyl (C=O) groups excluding carboxylic acids is 1. The van der Waals surface area contributed by atoms with E-state index in [9.17, 15) is 9.18 Å². The van der Waals surface area contributed by atoms with Gasteiger partial charge in [-0.15, -0.1) is 0 Å². The van der Waals surface area contributed by atoms with Crippen LogP contribution in [-0.4, -0.2) is 122 Å². The Bertz CT molecular complexity index is 1320. The van der Waals surface area contributed by atoms with Crippen LogP contribution in [0.5, 0.6) is 0 Å². The maximum atomic E-state index is 13.0. The van der Waals surface area contributed by atoms with Gasteiger partial charge in [0.2, 0.25) is 0 Å². The van der Waals surface area contributed by atoms with Crippen molar-refractivity contribution in [1.82, 2.24) is 9.97 Å². The summed E-state index contributed by atoms with van der Waals surface area (Å²) in [6, 6.07) is 10.6. The number of nitrogens with two attached hydrogens (primary N) is 1. The van der Waals surface area contributed by atoms with Gasteiger partial charge in [-0.1, -0.05) is 12.1 Å². The van der Waals surface area contributed by atoms with Gasteiger partial charge in [0.1, 0.15) is 11.7 Å². The second-order valence-corrected chi connectivity index (χ2v) is 12.0. The molecule has 25 nitrogen and oxygen atoms in total. The highest BCUT2D eigenvalue weighted by molar-refractivity contribution is 7.80. The number of hydrogen-bond acceptors (Lipinski definition) is 15. The van der Waals surface area contributed by atoms with Gasteiger partial charge in [-0.2, -0.15) is 42.1 Å². The lowest BCUT2D eigenvalue weighted by Crippen LogP contribution is -2.37. The van der Waals surface area contributed by atoms with Crippen molar-refractivity contribution in [3.05, 3.63) is 61.2 Å². The zero-order valence-corrected chi connectivity index (χ0v) is 29.1. The molecule has 2 aromatic rings. The average Bonchev–Trinajstić information content (AvgIpc) is 2.81. The van der Waals surface area contributed by atoms with Gasteiger partial charge in [0.25, 0.3) is 0 Å². The predicted octanol–water partition coefficient (Wildman–Crippen LogP) is -0.0858. The summed E-state index contributed by atoms with van der Waals surface area (Å²) in [6.45, 7) is 4.72. The Morgan fingerprint density at radius 1 is 0.612 bits per heavy atom. The Labute approximate surface area is 281 Å². The van der Waals surface area contributed by atoms with E-state index in [2.05, 4.69) is 14.7 Å². The summed E-state index contributed by atoms with van der Waals surface area (Å²) in [6.07, 6.45) is 6.99. The lowest BCUT2D eigenvalue weighted by molar-refractivity contribution is -0.145. The third kappa shape index (κ3) is 189. The summed E-state index contributed by atoms with van der Waals surface area (Å²) in [5.74, 6) is -0.539. The number of aromatic nitrogens is 2. The van der Waals surface area contributed by atoms with Crippen molar-refractivity contribution in [2.24, 2.45) is 5.73 Å². The quantitative estimate of drug-likeness (QED) is 0.142. The first-order valence-electron chi connectivity index (χ1n) is 11.2. The number of esters is 1. The average molecular weight is 826 g/mol. The highest BCUT2D eigenvalue weighted by atomic mass is 32.3. The predicted molar refractivity (Wildman–Crippen MR) is 164 cm³/mol. The highest BCUT2D eigenvalue weighted by Crippen LogP contribution is 2.15. The van der Waals surface area contributed by atoms with E-state index >= 15 is 0 Å². The Kier molecular flexibility index (Phi) is 35.5. The molecular weight excluding hydrogens is 790 g/mol. The lowest BCUT2D eigenvalue weighted by Gasteiger charge is -2.17. The van der Waals surface area contributed by atoms with Crippen molar-refractivity contribution in [3.63, 3.8) is 0 Å². The molecule has 0 radical (unpaired) electrons. The number of nitrogens with zero attached hydrogens (tertiary/aromatic N) is 2. The molecule has 292 valence electrons. The second-order valence-electron chi connectivity index (χ2n) is 7.57. The van der Waals surface area contributed by atoms with Crippen LogP contribution >= 0.6 is 0 Å². The van der Waals surface area contributed by atoms with E-state index in [4.69, 9.17) is 93.4 Å². The molecule has 2 rings (SSSR count).